The average molecular weight is 327 g/mol. The van der Waals surface area contributed by atoms with E-state index in [4.69, 9.17) is 0 Å². The lowest BCUT2D eigenvalue weighted by Gasteiger charge is -2.19. The fourth-order valence-electron chi connectivity index (χ4n) is 3.48. The van der Waals surface area contributed by atoms with E-state index in [-0.39, 0.29) is 11.5 Å². The van der Waals surface area contributed by atoms with Crippen LogP contribution < -0.4 is 0 Å². The van der Waals surface area contributed by atoms with Crippen LogP contribution in [-0.4, -0.2) is 28.5 Å². The lowest BCUT2D eigenvalue weighted by atomic mass is 10.0. The van der Waals surface area contributed by atoms with Crippen LogP contribution in [0.5, 0.6) is 0 Å². The third kappa shape index (κ3) is 4.08. The van der Waals surface area contributed by atoms with E-state index in [1.54, 1.807) is 6.08 Å². The quantitative estimate of drug-likeness (QED) is 0.618. The Hall–Kier alpha value is -2.02. The van der Waals surface area contributed by atoms with Crippen molar-refractivity contribution < 1.29 is 4.79 Å². The molecule has 0 saturated carbocycles. The molecule has 0 bridgehead atoms. The monoisotopic (exact) mass is 327 g/mol. The van der Waals surface area contributed by atoms with Crippen molar-refractivity contribution in [2.75, 3.05) is 13.1 Å². The van der Waals surface area contributed by atoms with Crippen molar-refractivity contribution >= 4 is 12.0 Å². The molecule has 1 aromatic rings. The molecule has 1 aliphatic heterocycles. The first-order valence-corrected chi connectivity index (χ1v) is 9.05. The second-order valence-corrected chi connectivity index (χ2v) is 6.98. The lowest BCUT2D eigenvalue weighted by molar-refractivity contribution is -0.126. The predicted octanol–water partition coefficient (Wildman–Crippen LogP) is 4.07. The molecule has 1 atom stereocenters. The number of nitrogens with zero attached hydrogens (tertiary/aromatic N) is 3. The van der Waals surface area contributed by atoms with Crippen molar-refractivity contribution in [1.29, 1.82) is 5.26 Å². The molecule has 0 radical (unpaired) electrons. The van der Waals surface area contributed by atoms with Crippen LogP contribution in [0.4, 0.5) is 0 Å². The van der Waals surface area contributed by atoms with Crippen molar-refractivity contribution in [3.05, 3.63) is 28.6 Å². The Morgan fingerprint density at radius 1 is 1.38 bits per heavy atom. The van der Waals surface area contributed by atoms with E-state index in [0.717, 1.165) is 56.6 Å². The summed E-state index contributed by atoms with van der Waals surface area (Å²) < 4.78 is 2.25. The van der Waals surface area contributed by atoms with Crippen molar-refractivity contribution in [2.45, 2.75) is 59.9 Å². The van der Waals surface area contributed by atoms with E-state index in [2.05, 4.69) is 44.4 Å². The van der Waals surface area contributed by atoms with Gasteiger partial charge in [0.05, 0.1) is 0 Å². The largest absolute Gasteiger partial charge is 0.349 e. The Morgan fingerprint density at radius 2 is 2.12 bits per heavy atom. The van der Waals surface area contributed by atoms with E-state index in [1.165, 1.54) is 5.69 Å². The molecule has 0 spiro atoms. The van der Waals surface area contributed by atoms with E-state index in [9.17, 15) is 10.1 Å². The van der Waals surface area contributed by atoms with Gasteiger partial charge in [0.15, 0.2) is 0 Å². The lowest BCUT2D eigenvalue weighted by Crippen LogP contribution is -2.32. The number of aryl methyl sites for hydroxylation is 1. The minimum absolute atomic E-state index is 0.119. The Bertz CT molecular complexity index is 663. The highest BCUT2D eigenvalue weighted by atomic mass is 16.2. The highest BCUT2D eigenvalue weighted by Crippen LogP contribution is 2.21. The summed E-state index contributed by atoms with van der Waals surface area (Å²) in [4.78, 5) is 14.6. The van der Waals surface area contributed by atoms with Gasteiger partial charge in [0.1, 0.15) is 11.6 Å². The smallest absolute Gasteiger partial charge is 0.264 e. The summed E-state index contributed by atoms with van der Waals surface area (Å²) in [6.07, 6.45) is 6.04. The summed E-state index contributed by atoms with van der Waals surface area (Å²) >= 11 is 0. The minimum atomic E-state index is -0.119. The third-order valence-electron chi connectivity index (χ3n) is 5.01. The molecule has 0 aliphatic carbocycles. The van der Waals surface area contributed by atoms with Crippen LogP contribution >= 0.6 is 0 Å². The summed E-state index contributed by atoms with van der Waals surface area (Å²) in [5.74, 6) is 0.539. The standard InChI is InChI=1S/C20H29N3O/c1-5-9-23-16(3)12-18(17(23)4)13-19(14-21)20(24)22-10-6-7-15(2)8-11-22/h12-13,15H,5-11H2,1-4H3. The van der Waals surface area contributed by atoms with Crippen LogP contribution in [0.3, 0.4) is 0 Å². The zero-order valence-electron chi connectivity index (χ0n) is 15.4. The van der Waals surface area contributed by atoms with Gasteiger partial charge in [-0.3, -0.25) is 4.79 Å². The van der Waals surface area contributed by atoms with Gasteiger partial charge in [-0.1, -0.05) is 13.8 Å². The molecule has 130 valence electrons. The molecule has 1 fully saturated rings. The van der Waals surface area contributed by atoms with Gasteiger partial charge in [-0.15, -0.1) is 0 Å². The maximum absolute atomic E-state index is 12.8. The molecule has 1 unspecified atom stereocenters. The van der Waals surface area contributed by atoms with Gasteiger partial charge in [0.25, 0.3) is 5.91 Å². The van der Waals surface area contributed by atoms with Crippen LogP contribution in [-0.2, 0) is 11.3 Å². The van der Waals surface area contributed by atoms with Crippen molar-refractivity contribution in [1.82, 2.24) is 9.47 Å². The van der Waals surface area contributed by atoms with E-state index in [0.29, 0.717) is 5.92 Å². The number of carbonyl (C=O) groups is 1. The number of carbonyl (C=O) groups excluding carboxylic acids is 1. The van der Waals surface area contributed by atoms with Crippen molar-refractivity contribution in [3.8, 4) is 6.07 Å². The Labute approximate surface area is 145 Å². The van der Waals surface area contributed by atoms with Gasteiger partial charge in [0.2, 0.25) is 0 Å². The van der Waals surface area contributed by atoms with Crippen LogP contribution in [0.2, 0.25) is 0 Å². The van der Waals surface area contributed by atoms with Gasteiger partial charge in [-0.05, 0) is 63.2 Å². The first kappa shape index (κ1) is 18.3. The summed E-state index contributed by atoms with van der Waals surface area (Å²) in [6, 6.07) is 4.20. The highest BCUT2D eigenvalue weighted by molar-refractivity contribution is 6.01. The predicted molar refractivity (Wildman–Crippen MR) is 97.4 cm³/mol. The first-order valence-electron chi connectivity index (χ1n) is 9.05. The van der Waals surface area contributed by atoms with Crippen LogP contribution in [0.1, 0.15) is 56.5 Å². The van der Waals surface area contributed by atoms with Gasteiger partial charge in [-0.2, -0.15) is 5.26 Å². The fraction of sp³-hybridized carbons (Fsp3) is 0.600. The molecule has 1 aromatic heterocycles. The number of likely N-dealkylation sites (tertiary alicyclic amines) is 1. The zero-order valence-corrected chi connectivity index (χ0v) is 15.4. The number of hydrogen-bond donors (Lipinski definition) is 0. The Kier molecular flexibility index (Phi) is 6.25. The first-order chi connectivity index (χ1) is 11.5. The molecule has 0 N–H and O–H groups in total. The maximum Gasteiger partial charge on any atom is 0.264 e. The maximum atomic E-state index is 12.8. The molecular weight excluding hydrogens is 298 g/mol. The van der Waals surface area contributed by atoms with Crippen LogP contribution in [0.25, 0.3) is 6.08 Å². The summed E-state index contributed by atoms with van der Waals surface area (Å²) in [5.41, 5.74) is 3.53. The summed E-state index contributed by atoms with van der Waals surface area (Å²) in [6.45, 7) is 11.0. The molecule has 2 rings (SSSR count). The molecule has 0 aromatic carbocycles. The number of amides is 1. The molecule has 24 heavy (non-hydrogen) atoms. The third-order valence-corrected chi connectivity index (χ3v) is 5.01. The topological polar surface area (TPSA) is 49.0 Å². The second kappa shape index (κ2) is 8.19. The number of rotatable bonds is 4. The number of nitriles is 1. The van der Waals surface area contributed by atoms with Crippen molar-refractivity contribution in [2.24, 2.45) is 5.92 Å². The summed E-state index contributed by atoms with van der Waals surface area (Å²) in [5, 5.41) is 9.51. The van der Waals surface area contributed by atoms with Crippen LogP contribution in [0.15, 0.2) is 11.6 Å². The van der Waals surface area contributed by atoms with Crippen molar-refractivity contribution in [3.63, 3.8) is 0 Å². The second-order valence-electron chi connectivity index (χ2n) is 6.98. The summed E-state index contributed by atoms with van der Waals surface area (Å²) in [7, 11) is 0. The van der Waals surface area contributed by atoms with E-state index < -0.39 is 0 Å². The normalized spacial score (nSPS) is 19.0. The number of aromatic nitrogens is 1. The fourth-order valence-corrected chi connectivity index (χ4v) is 3.48. The Balaban J connectivity index is 2.24. The van der Waals surface area contributed by atoms with Gasteiger partial charge < -0.3 is 9.47 Å². The molecule has 1 amide bonds. The minimum Gasteiger partial charge on any atom is -0.349 e. The zero-order chi connectivity index (χ0) is 17.7. The van der Waals surface area contributed by atoms with Gasteiger partial charge in [-0.25, -0.2) is 0 Å². The average Bonchev–Trinajstić information content (AvgIpc) is 2.72. The molecule has 4 nitrogen and oxygen atoms in total. The molecule has 4 heteroatoms. The number of hydrogen-bond acceptors (Lipinski definition) is 2. The van der Waals surface area contributed by atoms with Gasteiger partial charge in [0, 0.05) is 31.0 Å². The van der Waals surface area contributed by atoms with Gasteiger partial charge >= 0.3 is 0 Å². The molecule has 1 saturated heterocycles. The van der Waals surface area contributed by atoms with E-state index >= 15 is 0 Å². The molecule has 1 aliphatic rings. The SMILES string of the molecule is CCCn1c(C)cc(C=C(C#N)C(=O)N2CCCC(C)CC2)c1C. The molecule has 2 heterocycles. The molecular formula is C20H29N3O. The highest BCUT2D eigenvalue weighted by Gasteiger charge is 2.22. The van der Waals surface area contributed by atoms with Crippen LogP contribution in [0, 0.1) is 31.1 Å². The van der Waals surface area contributed by atoms with E-state index in [1.807, 2.05) is 4.90 Å². The Morgan fingerprint density at radius 3 is 2.79 bits per heavy atom.